The first-order valence-electron chi connectivity index (χ1n) is 11.1. The first-order chi connectivity index (χ1) is 17.5. The molecule has 0 fully saturated rings. The summed E-state index contributed by atoms with van der Waals surface area (Å²) < 4.78 is 5.78. The number of H-pyrrole nitrogens is 1. The van der Waals surface area contributed by atoms with E-state index < -0.39 is 5.97 Å². The van der Waals surface area contributed by atoms with Gasteiger partial charge in [0.25, 0.3) is 0 Å². The minimum absolute atomic E-state index is 0.211. The van der Waals surface area contributed by atoms with Crippen LogP contribution in [0.2, 0.25) is 10.0 Å². The molecule has 0 aliphatic rings. The molecule has 4 aromatic carbocycles. The fraction of sp³-hybridized carbons (Fsp3) is 0.0333. The van der Waals surface area contributed by atoms with Gasteiger partial charge in [-0.05, 0) is 65.0 Å². The number of aromatic carboxylic acids is 1. The highest BCUT2D eigenvalue weighted by atomic mass is 35.5. The van der Waals surface area contributed by atoms with E-state index in [0.29, 0.717) is 33.5 Å². The van der Waals surface area contributed by atoms with Gasteiger partial charge in [-0.25, -0.2) is 4.79 Å². The zero-order valence-corrected chi connectivity index (χ0v) is 20.4. The fourth-order valence-electron chi connectivity index (χ4n) is 3.91. The molecule has 0 bridgehead atoms. The Labute approximate surface area is 218 Å². The van der Waals surface area contributed by atoms with Crippen LogP contribution in [0.15, 0.2) is 91.1 Å². The van der Waals surface area contributed by atoms with Crippen LogP contribution in [0.4, 0.5) is 0 Å². The number of benzene rings is 4. The molecule has 0 amide bonds. The maximum atomic E-state index is 12.0. The molecule has 0 unspecified atom stereocenters. The molecule has 6 heteroatoms. The Morgan fingerprint density at radius 3 is 2.50 bits per heavy atom. The van der Waals surface area contributed by atoms with E-state index in [4.69, 9.17) is 27.9 Å². The molecule has 0 aliphatic heterocycles. The molecule has 4 nitrogen and oxygen atoms in total. The van der Waals surface area contributed by atoms with Crippen LogP contribution in [-0.4, -0.2) is 16.1 Å². The van der Waals surface area contributed by atoms with Crippen LogP contribution >= 0.6 is 23.2 Å². The SMILES string of the molecule is O=C(O)c1cccc(C#Cc2ccc(COc3ccc(Cl)c(Cl)c3)cc2)c1-c1ccc2cc[nH]c2c1. The number of nitrogens with one attached hydrogen (secondary N) is 1. The zero-order valence-electron chi connectivity index (χ0n) is 18.9. The van der Waals surface area contributed by atoms with Gasteiger partial charge >= 0.3 is 5.97 Å². The fourth-order valence-corrected chi connectivity index (χ4v) is 4.19. The molecule has 36 heavy (non-hydrogen) atoms. The van der Waals surface area contributed by atoms with E-state index in [1.54, 1.807) is 30.3 Å². The summed E-state index contributed by atoms with van der Waals surface area (Å²) in [6.45, 7) is 0.373. The second-order valence-electron chi connectivity index (χ2n) is 8.12. The molecule has 0 radical (unpaired) electrons. The molecule has 5 rings (SSSR count). The number of ether oxygens (including phenoxy) is 1. The highest BCUT2D eigenvalue weighted by molar-refractivity contribution is 6.42. The van der Waals surface area contributed by atoms with Crippen molar-refractivity contribution in [3.8, 4) is 28.7 Å². The number of hydrogen-bond donors (Lipinski definition) is 2. The van der Waals surface area contributed by atoms with Gasteiger partial charge in [-0.15, -0.1) is 0 Å². The number of fused-ring (bicyclic) bond motifs is 1. The van der Waals surface area contributed by atoms with E-state index in [2.05, 4.69) is 16.8 Å². The van der Waals surface area contributed by atoms with E-state index in [0.717, 1.165) is 27.6 Å². The minimum Gasteiger partial charge on any atom is -0.489 e. The molecule has 176 valence electrons. The number of rotatable bonds is 5. The first-order valence-corrected chi connectivity index (χ1v) is 11.9. The van der Waals surface area contributed by atoms with Gasteiger partial charge in [0, 0.05) is 34.5 Å². The van der Waals surface area contributed by atoms with E-state index >= 15 is 0 Å². The van der Waals surface area contributed by atoms with Crippen molar-refractivity contribution >= 4 is 40.1 Å². The summed E-state index contributed by atoms with van der Waals surface area (Å²) in [6.07, 6.45) is 1.86. The van der Waals surface area contributed by atoms with Crippen LogP contribution in [0.3, 0.4) is 0 Å². The molecule has 2 N–H and O–H groups in total. The lowest BCUT2D eigenvalue weighted by molar-refractivity contribution is 0.0697. The van der Waals surface area contributed by atoms with Crippen molar-refractivity contribution in [3.63, 3.8) is 0 Å². The lowest BCUT2D eigenvalue weighted by Crippen LogP contribution is -2.01. The number of aromatic nitrogens is 1. The van der Waals surface area contributed by atoms with E-state index in [1.165, 1.54) is 0 Å². The van der Waals surface area contributed by atoms with Gasteiger partial charge in [-0.1, -0.05) is 65.4 Å². The van der Waals surface area contributed by atoms with E-state index in [-0.39, 0.29) is 5.56 Å². The molecule has 1 heterocycles. The molecule has 0 atom stereocenters. The number of halogens is 2. The lowest BCUT2D eigenvalue weighted by Gasteiger charge is -2.10. The van der Waals surface area contributed by atoms with Crippen molar-refractivity contribution in [2.24, 2.45) is 0 Å². The summed E-state index contributed by atoms with van der Waals surface area (Å²) >= 11 is 12.0. The number of carbonyl (C=O) groups is 1. The topological polar surface area (TPSA) is 62.3 Å². The largest absolute Gasteiger partial charge is 0.489 e. The van der Waals surface area contributed by atoms with Crippen LogP contribution in [-0.2, 0) is 6.61 Å². The third-order valence-electron chi connectivity index (χ3n) is 5.73. The summed E-state index contributed by atoms with van der Waals surface area (Å²) in [5, 5.41) is 11.8. The van der Waals surface area contributed by atoms with Crippen molar-refractivity contribution in [2.45, 2.75) is 6.61 Å². The summed E-state index contributed by atoms with van der Waals surface area (Å²) in [5.41, 5.74) is 4.96. The minimum atomic E-state index is -0.994. The van der Waals surface area contributed by atoms with Crippen LogP contribution in [0.25, 0.3) is 22.0 Å². The van der Waals surface area contributed by atoms with Gasteiger partial charge in [0.2, 0.25) is 0 Å². The average molecular weight is 512 g/mol. The quantitative estimate of drug-likeness (QED) is 0.236. The van der Waals surface area contributed by atoms with Gasteiger partial charge in [0.15, 0.2) is 0 Å². The van der Waals surface area contributed by atoms with Gasteiger partial charge in [-0.3, -0.25) is 0 Å². The molecule has 0 saturated carbocycles. The maximum absolute atomic E-state index is 12.0. The number of aromatic amines is 1. The Balaban J connectivity index is 1.40. The summed E-state index contributed by atoms with van der Waals surface area (Å²) in [4.78, 5) is 15.2. The molecular formula is C30H19Cl2NO3. The second-order valence-corrected chi connectivity index (χ2v) is 8.94. The van der Waals surface area contributed by atoms with Crippen molar-refractivity contribution in [1.82, 2.24) is 4.98 Å². The standard InChI is InChI=1S/C30H19Cl2NO3/c31-26-13-12-24(17-27(26)32)36-18-20-6-4-19(5-7-20)8-9-22-2-1-3-25(30(34)35)29(22)23-11-10-21-14-15-33-28(21)16-23/h1-7,10-17,33H,18H2,(H,34,35). The number of carboxylic acids is 1. The second kappa shape index (κ2) is 10.2. The van der Waals surface area contributed by atoms with Crippen molar-refractivity contribution < 1.29 is 14.6 Å². The number of carboxylic acid groups (broad SMARTS) is 1. The van der Waals surface area contributed by atoms with Gasteiger partial charge in [-0.2, -0.15) is 0 Å². The average Bonchev–Trinajstić information content (AvgIpc) is 3.36. The van der Waals surface area contributed by atoms with E-state index in [9.17, 15) is 9.90 Å². The summed E-state index contributed by atoms with van der Waals surface area (Å²) in [6, 6.07) is 25.8. The molecular weight excluding hydrogens is 493 g/mol. The van der Waals surface area contributed by atoms with Crippen LogP contribution in [0.5, 0.6) is 5.75 Å². The molecule has 1 aromatic heterocycles. The Bertz CT molecular complexity index is 1640. The normalized spacial score (nSPS) is 10.6. The molecule has 0 spiro atoms. The zero-order chi connectivity index (χ0) is 25.1. The predicted octanol–water partition coefficient (Wildman–Crippen LogP) is 7.82. The maximum Gasteiger partial charge on any atom is 0.336 e. The van der Waals surface area contributed by atoms with Crippen LogP contribution in [0, 0.1) is 11.8 Å². The summed E-state index contributed by atoms with van der Waals surface area (Å²) in [7, 11) is 0. The van der Waals surface area contributed by atoms with Gasteiger partial charge in [0.1, 0.15) is 12.4 Å². The molecule has 5 aromatic rings. The highest BCUT2D eigenvalue weighted by Gasteiger charge is 2.15. The van der Waals surface area contributed by atoms with Crippen LogP contribution < -0.4 is 4.74 Å². The Kier molecular flexibility index (Phi) is 6.69. The van der Waals surface area contributed by atoms with Crippen molar-refractivity contribution in [1.29, 1.82) is 0 Å². The molecule has 0 saturated heterocycles. The third kappa shape index (κ3) is 5.08. The van der Waals surface area contributed by atoms with Crippen LogP contribution in [0.1, 0.15) is 27.0 Å². The third-order valence-corrected chi connectivity index (χ3v) is 6.47. The Morgan fingerprint density at radius 1 is 0.889 bits per heavy atom. The summed E-state index contributed by atoms with van der Waals surface area (Å²) in [5.74, 6) is 5.97. The predicted molar refractivity (Wildman–Crippen MR) is 144 cm³/mol. The van der Waals surface area contributed by atoms with E-state index in [1.807, 2.05) is 60.8 Å². The Hall–Kier alpha value is -4.17. The number of hydrogen-bond acceptors (Lipinski definition) is 2. The first kappa shape index (κ1) is 23.6. The molecule has 0 aliphatic carbocycles. The highest BCUT2D eigenvalue weighted by Crippen LogP contribution is 2.30. The lowest BCUT2D eigenvalue weighted by atomic mass is 9.93. The van der Waals surface area contributed by atoms with Crippen molar-refractivity contribution in [2.75, 3.05) is 0 Å². The van der Waals surface area contributed by atoms with Gasteiger partial charge < -0.3 is 14.8 Å². The Morgan fingerprint density at radius 2 is 1.72 bits per heavy atom. The van der Waals surface area contributed by atoms with Crippen molar-refractivity contribution in [3.05, 3.63) is 123 Å². The monoisotopic (exact) mass is 511 g/mol. The van der Waals surface area contributed by atoms with Gasteiger partial charge in [0.05, 0.1) is 15.6 Å². The smallest absolute Gasteiger partial charge is 0.336 e.